The molecule has 1 aromatic carbocycles. The summed E-state index contributed by atoms with van der Waals surface area (Å²) in [6.07, 6.45) is 0.455. The smallest absolute Gasteiger partial charge is 0.276 e. The van der Waals surface area contributed by atoms with Crippen molar-refractivity contribution in [1.29, 1.82) is 0 Å². The normalized spacial score (nSPS) is 10.1. The van der Waals surface area contributed by atoms with Crippen molar-refractivity contribution >= 4 is 5.69 Å². The molecule has 0 radical (unpaired) electrons. The second-order valence-corrected chi connectivity index (χ2v) is 3.16. The molecule has 0 heterocycles. The molecule has 0 spiro atoms. The van der Waals surface area contributed by atoms with E-state index in [0.717, 1.165) is 0 Å². The first-order valence-corrected chi connectivity index (χ1v) is 4.90. The highest BCUT2D eigenvalue weighted by Gasteiger charge is 2.14. The molecule has 3 N–H and O–H groups in total. The number of hydrogen-bond acceptors (Lipinski definition) is 5. The van der Waals surface area contributed by atoms with Gasteiger partial charge in [0.15, 0.2) is 0 Å². The molecule has 6 nitrogen and oxygen atoms in total. The molecule has 0 aliphatic rings. The zero-order valence-electron chi connectivity index (χ0n) is 8.76. The second-order valence-electron chi connectivity index (χ2n) is 3.16. The van der Waals surface area contributed by atoms with Crippen LogP contribution in [0.5, 0.6) is 5.75 Å². The minimum absolute atomic E-state index is 0.000824. The Morgan fingerprint density at radius 3 is 2.81 bits per heavy atom. The summed E-state index contributed by atoms with van der Waals surface area (Å²) in [5.41, 5.74) is 5.95. The molecule has 0 aliphatic heterocycles. The molecule has 0 saturated heterocycles. The van der Waals surface area contributed by atoms with Crippen molar-refractivity contribution in [3.05, 3.63) is 33.9 Å². The first kappa shape index (κ1) is 12.4. The van der Waals surface area contributed by atoms with Gasteiger partial charge in [0.1, 0.15) is 12.4 Å². The number of hydrogen-bond donors (Lipinski definition) is 2. The lowest BCUT2D eigenvalue weighted by Crippen LogP contribution is -2.06. The van der Waals surface area contributed by atoms with Crippen LogP contribution in [0.2, 0.25) is 0 Å². The number of nitrogens with two attached hydrogens (primary N) is 1. The number of aliphatic hydroxyl groups excluding tert-OH is 1. The van der Waals surface area contributed by atoms with Gasteiger partial charge < -0.3 is 15.6 Å². The molecule has 6 heteroatoms. The van der Waals surface area contributed by atoms with Gasteiger partial charge in [-0.2, -0.15) is 0 Å². The van der Waals surface area contributed by atoms with Crippen molar-refractivity contribution in [2.75, 3.05) is 19.8 Å². The largest absolute Gasteiger partial charge is 0.491 e. The van der Waals surface area contributed by atoms with Gasteiger partial charge in [0.25, 0.3) is 5.69 Å². The molecule has 1 aromatic rings. The number of ether oxygens (including phenoxy) is 1. The van der Waals surface area contributed by atoms with Crippen LogP contribution < -0.4 is 10.5 Å². The zero-order chi connectivity index (χ0) is 12.0. The number of nitrogens with zero attached hydrogens (tertiary/aromatic N) is 1. The van der Waals surface area contributed by atoms with Gasteiger partial charge >= 0.3 is 0 Å². The van der Waals surface area contributed by atoms with Crippen molar-refractivity contribution in [2.45, 2.75) is 6.42 Å². The minimum atomic E-state index is -0.462. The molecular formula is C10H14N2O4. The Labute approximate surface area is 92.8 Å². The van der Waals surface area contributed by atoms with E-state index in [1.807, 2.05) is 0 Å². The van der Waals surface area contributed by atoms with Gasteiger partial charge in [-0.05, 0) is 25.1 Å². The molecule has 0 saturated carbocycles. The summed E-state index contributed by atoms with van der Waals surface area (Å²) in [5, 5.41) is 19.4. The van der Waals surface area contributed by atoms with Gasteiger partial charge in [0.2, 0.25) is 0 Å². The van der Waals surface area contributed by atoms with Gasteiger partial charge in [0.05, 0.1) is 17.6 Å². The summed E-state index contributed by atoms with van der Waals surface area (Å²) < 4.78 is 5.09. The van der Waals surface area contributed by atoms with E-state index in [0.29, 0.717) is 24.3 Å². The van der Waals surface area contributed by atoms with Crippen LogP contribution >= 0.6 is 0 Å². The molecule has 16 heavy (non-hydrogen) atoms. The highest BCUT2D eigenvalue weighted by Crippen LogP contribution is 2.24. The molecule has 1 rings (SSSR count). The summed E-state index contributed by atoms with van der Waals surface area (Å²) in [6.45, 7) is 0.351. The van der Waals surface area contributed by atoms with E-state index in [-0.39, 0.29) is 18.9 Å². The van der Waals surface area contributed by atoms with Gasteiger partial charge in [-0.15, -0.1) is 0 Å². The molecule has 0 amide bonds. The lowest BCUT2D eigenvalue weighted by Gasteiger charge is -2.06. The number of rotatable bonds is 6. The van der Waals surface area contributed by atoms with Gasteiger partial charge in [0, 0.05) is 5.56 Å². The fourth-order valence-corrected chi connectivity index (χ4v) is 1.33. The fraction of sp³-hybridized carbons (Fsp3) is 0.400. The molecule has 0 aromatic heterocycles. The standard InChI is InChI=1S/C10H14N2O4/c11-4-3-8-1-2-9(16-6-5-13)7-10(8)12(14)15/h1-2,7,13H,3-6,11H2. The lowest BCUT2D eigenvalue weighted by atomic mass is 10.1. The maximum absolute atomic E-state index is 10.8. The van der Waals surface area contributed by atoms with Crippen LogP contribution in [-0.2, 0) is 6.42 Å². The van der Waals surface area contributed by atoms with Gasteiger partial charge in [-0.1, -0.05) is 0 Å². The van der Waals surface area contributed by atoms with Crippen molar-refractivity contribution < 1.29 is 14.8 Å². The summed E-state index contributed by atoms with van der Waals surface area (Å²) in [6, 6.07) is 4.60. The molecular weight excluding hydrogens is 212 g/mol. The highest BCUT2D eigenvalue weighted by molar-refractivity contribution is 5.46. The van der Waals surface area contributed by atoms with E-state index < -0.39 is 4.92 Å². The van der Waals surface area contributed by atoms with Crippen LogP contribution in [0, 0.1) is 10.1 Å². The summed E-state index contributed by atoms with van der Waals surface area (Å²) in [5.74, 6) is 0.376. The Kier molecular flexibility index (Phi) is 4.68. The van der Waals surface area contributed by atoms with Crippen molar-refractivity contribution in [1.82, 2.24) is 0 Å². The molecule has 0 aliphatic carbocycles. The maximum atomic E-state index is 10.8. The molecule has 0 bridgehead atoms. The van der Waals surface area contributed by atoms with Gasteiger partial charge in [-0.25, -0.2) is 0 Å². The average molecular weight is 226 g/mol. The molecule has 0 atom stereocenters. The van der Waals surface area contributed by atoms with Crippen LogP contribution in [0.4, 0.5) is 5.69 Å². The van der Waals surface area contributed by atoms with Crippen LogP contribution in [0.15, 0.2) is 18.2 Å². The lowest BCUT2D eigenvalue weighted by molar-refractivity contribution is -0.385. The third-order valence-electron chi connectivity index (χ3n) is 2.03. The highest BCUT2D eigenvalue weighted by atomic mass is 16.6. The third-order valence-corrected chi connectivity index (χ3v) is 2.03. The first-order valence-electron chi connectivity index (χ1n) is 4.90. The Bertz CT molecular complexity index is 368. The van der Waals surface area contributed by atoms with Gasteiger partial charge in [-0.3, -0.25) is 10.1 Å². The summed E-state index contributed by atoms with van der Waals surface area (Å²) in [7, 11) is 0. The molecule has 0 unspecified atom stereocenters. The zero-order valence-corrected chi connectivity index (χ0v) is 8.76. The predicted molar refractivity (Wildman–Crippen MR) is 58.4 cm³/mol. The Hall–Kier alpha value is -1.66. The van der Waals surface area contributed by atoms with Crippen molar-refractivity contribution in [3.63, 3.8) is 0 Å². The third kappa shape index (κ3) is 3.18. The van der Waals surface area contributed by atoms with E-state index in [1.54, 1.807) is 12.1 Å². The quantitative estimate of drug-likeness (QED) is 0.542. The summed E-state index contributed by atoms with van der Waals surface area (Å²) >= 11 is 0. The summed E-state index contributed by atoms with van der Waals surface area (Å²) in [4.78, 5) is 10.3. The van der Waals surface area contributed by atoms with Crippen LogP contribution in [-0.4, -0.2) is 29.8 Å². The second kappa shape index (κ2) is 6.04. The number of nitro groups is 1. The minimum Gasteiger partial charge on any atom is -0.491 e. The van der Waals surface area contributed by atoms with E-state index in [2.05, 4.69) is 0 Å². The van der Waals surface area contributed by atoms with Crippen molar-refractivity contribution in [3.8, 4) is 5.75 Å². The molecule has 88 valence electrons. The Balaban J connectivity index is 2.93. The van der Waals surface area contributed by atoms with Crippen LogP contribution in [0.25, 0.3) is 0 Å². The number of nitro benzene ring substituents is 1. The van der Waals surface area contributed by atoms with Crippen molar-refractivity contribution in [2.24, 2.45) is 5.73 Å². The Morgan fingerprint density at radius 1 is 1.50 bits per heavy atom. The fourth-order valence-electron chi connectivity index (χ4n) is 1.33. The van der Waals surface area contributed by atoms with Crippen LogP contribution in [0.3, 0.4) is 0 Å². The maximum Gasteiger partial charge on any atom is 0.276 e. The van der Waals surface area contributed by atoms with E-state index in [4.69, 9.17) is 15.6 Å². The predicted octanol–water partition coefficient (Wildman–Crippen LogP) is 0.467. The van der Waals surface area contributed by atoms with E-state index >= 15 is 0 Å². The van der Waals surface area contributed by atoms with E-state index in [1.165, 1.54) is 6.07 Å². The molecule has 0 fully saturated rings. The first-order chi connectivity index (χ1) is 7.69. The van der Waals surface area contributed by atoms with Crippen LogP contribution in [0.1, 0.15) is 5.56 Å². The Morgan fingerprint density at radius 2 is 2.25 bits per heavy atom. The number of benzene rings is 1. The average Bonchev–Trinajstić information content (AvgIpc) is 2.27. The monoisotopic (exact) mass is 226 g/mol. The topological polar surface area (TPSA) is 98.6 Å². The van der Waals surface area contributed by atoms with E-state index in [9.17, 15) is 10.1 Å². The SMILES string of the molecule is NCCc1ccc(OCCO)cc1[N+](=O)[O-]. The number of aliphatic hydroxyl groups is 1.